The molecule has 0 radical (unpaired) electrons. The zero-order valence-corrected chi connectivity index (χ0v) is 12.6. The molecule has 1 atom stereocenters. The van der Waals surface area contributed by atoms with Crippen molar-refractivity contribution in [1.29, 1.82) is 5.26 Å². The largest absolute Gasteiger partial charge is 0.345 e. The zero-order valence-electron chi connectivity index (χ0n) is 11.8. The van der Waals surface area contributed by atoms with Gasteiger partial charge in [-0.3, -0.25) is 9.69 Å². The maximum absolute atomic E-state index is 11.9. The average molecular weight is 279 g/mol. The van der Waals surface area contributed by atoms with Crippen LogP contribution in [0.15, 0.2) is 17.5 Å². The van der Waals surface area contributed by atoms with Gasteiger partial charge in [-0.2, -0.15) is 5.26 Å². The van der Waals surface area contributed by atoms with Crippen LogP contribution in [0.25, 0.3) is 0 Å². The summed E-state index contributed by atoms with van der Waals surface area (Å²) in [5.41, 5.74) is 0. The number of nitrogens with zero attached hydrogens (tertiary/aromatic N) is 3. The SMILES string of the molecule is CC(c1cccs1)N(C)CCC(=O)N(C)CCC#N. The molecule has 104 valence electrons. The molecule has 1 unspecified atom stereocenters. The van der Waals surface area contributed by atoms with Gasteiger partial charge in [0.25, 0.3) is 0 Å². The lowest BCUT2D eigenvalue weighted by atomic mass is 10.2. The number of carbonyl (C=O) groups is 1. The normalized spacial score (nSPS) is 12.2. The number of nitriles is 1. The molecule has 0 aliphatic carbocycles. The van der Waals surface area contributed by atoms with E-state index in [1.807, 2.05) is 13.1 Å². The maximum atomic E-state index is 11.9. The molecule has 1 aromatic heterocycles. The molecule has 4 nitrogen and oxygen atoms in total. The van der Waals surface area contributed by atoms with Gasteiger partial charge in [0.05, 0.1) is 12.5 Å². The number of rotatable bonds is 7. The van der Waals surface area contributed by atoms with Crippen LogP contribution in [0.5, 0.6) is 0 Å². The first-order valence-electron chi connectivity index (χ1n) is 6.40. The Morgan fingerprint density at radius 3 is 2.79 bits per heavy atom. The highest BCUT2D eigenvalue weighted by atomic mass is 32.1. The highest BCUT2D eigenvalue weighted by Crippen LogP contribution is 2.23. The van der Waals surface area contributed by atoms with Crippen LogP contribution in [-0.4, -0.2) is 42.9 Å². The van der Waals surface area contributed by atoms with E-state index < -0.39 is 0 Å². The van der Waals surface area contributed by atoms with Crippen LogP contribution < -0.4 is 0 Å². The molecule has 0 aliphatic heterocycles. The van der Waals surface area contributed by atoms with Crippen molar-refractivity contribution in [3.63, 3.8) is 0 Å². The monoisotopic (exact) mass is 279 g/mol. The van der Waals surface area contributed by atoms with Crippen LogP contribution >= 0.6 is 11.3 Å². The van der Waals surface area contributed by atoms with Crippen molar-refractivity contribution in [2.24, 2.45) is 0 Å². The summed E-state index contributed by atoms with van der Waals surface area (Å²) in [6.45, 7) is 3.39. The summed E-state index contributed by atoms with van der Waals surface area (Å²) in [4.78, 5) is 17.0. The molecule has 0 saturated heterocycles. The highest BCUT2D eigenvalue weighted by Gasteiger charge is 2.15. The lowest BCUT2D eigenvalue weighted by molar-refractivity contribution is -0.130. The van der Waals surface area contributed by atoms with Crippen molar-refractivity contribution in [2.75, 3.05) is 27.2 Å². The summed E-state index contributed by atoms with van der Waals surface area (Å²) >= 11 is 1.74. The van der Waals surface area contributed by atoms with Gasteiger partial charge < -0.3 is 4.90 Å². The molecule has 5 heteroatoms. The molecule has 0 aromatic carbocycles. The Morgan fingerprint density at radius 1 is 1.47 bits per heavy atom. The molecule has 1 heterocycles. The number of carbonyl (C=O) groups excluding carboxylic acids is 1. The van der Waals surface area contributed by atoms with Crippen LogP contribution in [0, 0.1) is 11.3 Å². The van der Waals surface area contributed by atoms with E-state index in [-0.39, 0.29) is 5.91 Å². The molecule has 0 aliphatic rings. The standard InChI is InChI=1S/C14H21N3OS/c1-12(13-6-4-11-19-13)16(2)10-7-14(18)17(3)9-5-8-15/h4,6,11-12H,5,7,9-10H2,1-3H3. The minimum Gasteiger partial charge on any atom is -0.345 e. The van der Waals surface area contributed by atoms with Crippen molar-refractivity contribution in [2.45, 2.75) is 25.8 Å². The predicted molar refractivity (Wildman–Crippen MR) is 77.8 cm³/mol. The minimum atomic E-state index is 0.0977. The third-order valence-electron chi connectivity index (χ3n) is 3.28. The Bertz CT molecular complexity index is 424. The van der Waals surface area contributed by atoms with Gasteiger partial charge >= 0.3 is 0 Å². The van der Waals surface area contributed by atoms with Gasteiger partial charge in [0.1, 0.15) is 0 Å². The molecule has 0 saturated carbocycles. The Kier molecular flexibility index (Phi) is 6.54. The molecule has 19 heavy (non-hydrogen) atoms. The summed E-state index contributed by atoms with van der Waals surface area (Å²) in [6, 6.07) is 6.55. The third-order valence-corrected chi connectivity index (χ3v) is 4.32. The van der Waals surface area contributed by atoms with E-state index in [0.29, 0.717) is 25.4 Å². The van der Waals surface area contributed by atoms with Crippen LogP contribution in [-0.2, 0) is 4.79 Å². The fraction of sp³-hybridized carbons (Fsp3) is 0.571. The number of hydrogen-bond acceptors (Lipinski definition) is 4. The first kappa shape index (κ1) is 15.7. The summed E-state index contributed by atoms with van der Waals surface area (Å²) in [5.74, 6) is 0.0977. The van der Waals surface area contributed by atoms with E-state index in [2.05, 4.69) is 29.3 Å². The molecule has 1 aromatic rings. The quantitative estimate of drug-likeness (QED) is 0.770. The van der Waals surface area contributed by atoms with Crippen LogP contribution in [0.3, 0.4) is 0 Å². The summed E-state index contributed by atoms with van der Waals surface area (Å²) in [5, 5.41) is 10.6. The van der Waals surface area contributed by atoms with E-state index in [1.54, 1.807) is 23.3 Å². The van der Waals surface area contributed by atoms with E-state index in [4.69, 9.17) is 5.26 Å². The molecular weight excluding hydrogens is 258 g/mol. The summed E-state index contributed by atoms with van der Waals surface area (Å²) in [6.07, 6.45) is 0.887. The van der Waals surface area contributed by atoms with Gasteiger partial charge in [0, 0.05) is 37.5 Å². The number of thiophene rings is 1. The molecule has 0 fully saturated rings. The van der Waals surface area contributed by atoms with Crippen molar-refractivity contribution in [3.8, 4) is 6.07 Å². The second-order valence-corrected chi connectivity index (χ2v) is 5.62. The topological polar surface area (TPSA) is 47.3 Å². The maximum Gasteiger partial charge on any atom is 0.223 e. The first-order valence-corrected chi connectivity index (χ1v) is 7.28. The van der Waals surface area contributed by atoms with Crippen molar-refractivity contribution in [1.82, 2.24) is 9.80 Å². The van der Waals surface area contributed by atoms with Gasteiger partial charge in [-0.25, -0.2) is 0 Å². The second kappa shape index (κ2) is 7.93. The van der Waals surface area contributed by atoms with Crippen molar-refractivity contribution >= 4 is 17.2 Å². The zero-order chi connectivity index (χ0) is 14.3. The van der Waals surface area contributed by atoms with E-state index in [9.17, 15) is 4.79 Å². The Balaban J connectivity index is 2.35. The number of amides is 1. The van der Waals surface area contributed by atoms with Crippen molar-refractivity contribution in [3.05, 3.63) is 22.4 Å². The van der Waals surface area contributed by atoms with Gasteiger partial charge in [-0.15, -0.1) is 11.3 Å². The Hall–Kier alpha value is -1.38. The third kappa shape index (κ3) is 5.01. The average Bonchev–Trinajstić information content (AvgIpc) is 2.94. The van der Waals surface area contributed by atoms with Gasteiger partial charge in [0.15, 0.2) is 0 Å². The van der Waals surface area contributed by atoms with Crippen LogP contribution in [0.1, 0.15) is 30.7 Å². The molecule has 0 bridgehead atoms. The van der Waals surface area contributed by atoms with E-state index in [1.165, 1.54) is 4.88 Å². The lowest BCUT2D eigenvalue weighted by Crippen LogP contribution is -2.32. The Labute approximate surface area is 119 Å². The van der Waals surface area contributed by atoms with Crippen LogP contribution in [0.2, 0.25) is 0 Å². The smallest absolute Gasteiger partial charge is 0.223 e. The molecule has 1 rings (SSSR count). The van der Waals surface area contributed by atoms with Gasteiger partial charge in [-0.05, 0) is 25.4 Å². The van der Waals surface area contributed by atoms with E-state index in [0.717, 1.165) is 6.54 Å². The first-order chi connectivity index (χ1) is 9.06. The highest BCUT2D eigenvalue weighted by molar-refractivity contribution is 7.10. The minimum absolute atomic E-state index is 0.0977. The predicted octanol–water partition coefficient (Wildman–Crippen LogP) is 2.50. The Morgan fingerprint density at radius 2 is 2.21 bits per heavy atom. The van der Waals surface area contributed by atoms with Gasteiger partial charge in [-0.1, -0.05) is 6.07 Å². The van der Waals surface area contributed by atoms with E-state index >= 15 is 0 Å². The number of hydrogen-bond donors (Lipinski definition) is 0. The summed E-state index contributed by atoms with van der Waals surface area (Å²) < 4.78 is 0. The fourth-order valence-corrected chi connectivity index (χ4v) is 2.59. The second-order valence-electron chi connectivity index (χ2n) is 4.65. The molecule has 0 N–H and O–H groups in total. The van der Waals surface area contributed by atoms with Crippen LogP contribution in [0.4, 0.5) is 0 Å². The molecule has 0 spiro atoms. The lowest BCUT2D eigenvalue weighted by Gasteiger charge is -2.24. The van der Waals surface area contributed by atoms with Crippen molar-refractivity contribution < 1.29 is 4.79 Å². The molecular formula is C14H21N3OS. The van der Waals surface area contributed by atoms with Gasteiger partial charge in [0.2, 0.25) is 5.91 Å². The molecule has 1 amide bonds. The fourth-order valence-electron chi connectivity index (χ4n) is 1.75. The summed E-state index contributed by atoms with van der Waals surface area (Å²) in [7, 11) is 3.79.